The molecule has 41 heavy (non-hydrogen) atoms. The number of piperazine rings is 1. The lowest BCUT2D eigenvalue weighted by Gasteiger charge is -2.38. The fraction of sp³-hybridized carbons (Fsp3) is 0.538. The van der Waals surface area contributed by atoms with Crippen LogP contribution in [0.5, 0.6) is 0 Å². The summed E-state index contributed by atoms with van der Waals surface area (Å²) in [5.41, 5.74) is 7.31. The van der Waals surface area contributed by atoms with Gasteiger partial charge in [-0.3, -0.25) is 34.2 Å². The van der Waals surface area contributed by atoms with Crippen molar-refractivity contribution in [3.8, 4) is 0 Å². The number of amides is 5. The van der Waals surface area contributed by atoms with Crippen molar-refractivity contribution >= 4 is 41.2 Å². The predicted molar refractivity (Wildman–Crippen MR) is 136 cm³/mol. The highest BCUT2D eigenvalue weighted by Crippen LogP contribution is 2.31. The molecule has 222 valence electrons. The topological polar surface area (TPSA) is 170 Å². The van der Waals surface area contributed by atoms with Gasteiger partial charge in [0.2, 0.25) is 17.7 Å². The molecule has 0 aromatic heterocycles. The minimum atomic E-state index is -5.08. The molecule has 15 heteroatoms. The zero-order valence-electron chi connectivity index (χ0n) is 22.0. The summed E-state index contributed by atoms with van der Waals surface area (Å²) in [5.74, 6) is -4.53. The van der Waals surface area contributed by atoms with Gasteiger partial charge in [-0.1, -0.05) is 0 Å². The monoisotopic (exact) mass is 581 g/mol. The van der Waals surface area contributed by atoms with Crippen molar-refractivity contribution in [2.75, 3.05) is 31.1 Å². The van der Waals surface area contributed by atoms with Gasteiger partial charge in [0.1, 0.15) is 6.04 Å². The molecule has 0 bridgehead atoms. The summed E-state index contributed by atoms with van der Waals surface area (Å²) in [7, 11) is 0. The number of piperidine rings is 1. The van der Waals surface area contributed by atoms with Gasteiger partial charge in [0, 0.05) is 50.2 Å². The molecule has 3 fully saturated rings. The first-order valence-corrected chi connectivity index (χ1v) is 13.2. The molecular weight excluding hydrogens is 551 g/mol. The molecule has 1 aromatic rings. The van der Waals surface area contributed by atoms with Crippen molar-refractivity contribution in [1.29, 1.82) is 0 Å². The molecule has 12 nitrogen and oxygen atoms in total. The van der Waals surface area contributed by atoms with Crippen LogP contribution in [0.25, 0.3) is 0 Å². The van der Waals surface area contributed by atoms with Gasteiger partial charge >= 0.3 is 12.1 Å². The molecule has 1 atom stereocenters. The van der Waals surface area contributed by atoms with E-state index in [-0.39, 0.29) is 41.8 Å². The number of imide groups is 2. The number of carboxylic acids is 1. The van der Waals surface area contributed by atoms with E-state index in [1.807, 2.05) is 4.90 Å². The van der Waals surface area contributed by atoms with Crippen molar-refractivity contribution in [3.63, 3.8) is 0 Å². The lowest BCUT2D eigenvalue weighted by molar-refractivity contribution is -0.192. The summed E-state index contributed by atoms with van der Waals surface area (Å²) >= 11 is 0. The summed E-state index contributed by atoms with van der Waals surface area (Å²) in [6, 6.07) is 4.36. The zero-order valence-corrected chi connectivity index (χ0v) is 22.0. The molecule has 4 aliphatic rings. The molecule has 1 unspecified atom stereocenters. The van der Waals surface area contributed by atoms with E-state index >= 15 is 0 Å². The van der Waals surface area contributed by atoms with E-state index in [1.54, 1.807) is 18.2 Å². The number of benzene rings is 1. The number of anilines is 1. The van der Waals surface area contributed by atoms with Crippen molar-refractivity contribution in [1.82, 2.24) is 15.1 Å². The molecule has 5 rings (SSSR count). The Balaban J connectivity index is 0.000000493. The van der Waals surface area contributed by atoms with E-state index in [0.717, 1.165) is 36.3 Å². The fourth-order valence-electron chi connectivity index (χ4n) is 5.47. The number of hydrogen-bond donors (Lipinski definition) is 3. The van der Waals surface area contributed by atoms with Gasteiger partial charge in [0.15, 0.2) is 0 Å². The van der Waals surface area contributed by atoms with Gasteiger partial charge in [0.05, 0.1) is 11.1 Å². The van der Waals surface area contributed by atoms with Crippen LogP contribution in [0.2, 0.25) is 0 Å². The maximum Gasteiger partial charge on any atom is 0.490 e. The fourth-order valence-corrected chi connectivity index (χ4v) is 5.47. The smallest absolute Gasteiger partial charge is 0.475 e. The van der Waals surface area contributed by atoms with Crippen molar-refractivity contribution in [3.05, 3.63) is 29.3 Å². The second-order valence-corrected chi connectivity index (χ2v) is 10.4. The van der Waals surface area contributed by atoms with Crippen molar-refractivity contribution in [2.24, 2.45) is 11.7 Å². The molecule has 5 amide bonds. The second-order valence-electron chi connectivity index (χ2n) is 10.4. The molecule has 0 radical (unpaired) electrons. The molecule has 2 saturated heterocycles. The van der Waals surface area contributed by atoms with Crippen molar-refractivity contribution in [2.45, 2.75) is 56.8 Å². The number of carboxylic acid groups (broad SMARTS) is 1. The maximum absolute atomic E-state index is 13.1. The van der Waals surface area contributed by atoms with Gasteiger partial charge in [-0.25, -0.2) is 4.79 Å². The minimum absolute atomic E-state index is 0.0632. The van der Waals surface area contributed by atoms with Crippen LogP contribution in [0.1, 0.15) is 59.2 Å². The van der Waals surface area contributed by atoms with E-state index < -0.39 is 41.8 Å². The number of hydrogen-bond acceptors (Lipinski definition) is 8. The first kappa shape index (κ1) is 30.0. The van der Waals surface area contributed by atoms with Crippen LogP contribution < -0.4 is 16.0 Å². The summed E-state index contributed by atoms with van der Waals surface area (Å²) in [5, 5.41) is 9.33. The van der Waals surface area contributed by atoms with Gasteiger partial charge in [-0.15, -0.1) is 0 Å². The Kier molecular flexibility index (Phi) is 8.66. The van der Waals surface area contributed by atoms with Gasteiger partial charge in [-0.2, -0.15) is 13.2 Å². The zero-order chi connectivity index (χ0) is 30.1. The number of rotatable bonds is 3. The largest absolute Gasteiger partial charge is 0.490 e. The number of nitrogens with zero attached hydrogens (tertiary/aromatic N) is 3. The molecule has 1 aromatic carbocycles. The first-order chi connectivity index (χ1) is 19.3. The molecule has 0 spiro atoms. The third kappa shape index (κ3) is 6.50. The number of aliphatic carboxylic acids is 1. The summed E-state index contributed by atoms with van der Waals surface area (Å²) in [6.07, 6.45) is -1.37. The van der Waals surface area contributed by atoms with Crippen LogP contribution in [0.3, 0.4) is 0 Å². The van der Waals surface area contributed by atoms with Crippen LogP contribution in [0.4, 0.5) is 18.9 Å². The van der Waals surface area contributed by atoms with E-state index in [2.05, 4.69) is 10.2 Å². The summed E-state index contributed by atoms with van der Waals surface area (Å²) in [6.45, 7) is 2.48. The number of halogens is 3. The highest BCUT2D eigenvalue weighted by Gasteiger charge is 2.45. The number of carbonyl (C=O) groups excluding carboxylic acids is 5. The Morgan fingerprint density at radius 2 is 1.49 bits per heavy atom. The van der Waals surface area contributed by atoms with Crippen molar-refractivity contribution < 1.29 is 47.0 Å². The van der Waals surface area contributed by atoms with Gasteiger partial charge < -0.3 is 20.6 Å². The Morgan fingerprint density at radius 1 is 0.902 bits per heavy atom. The molecular formula is C26H30F3N5O7. The Morgan fingerprint density at radius 3 is 2.05 bits per heavy atom. The molecule has 1 aliphatic carbocycles. The number of nitrogens with one attached hydrogen (secondary N) is 1. The quantitative estimate of drug-likeness (QED) is 0.439. The average Bonchev–Trinajstić information content (AvgIpc) is 3.17. The lowest BCUT2D eigenvalue weighted by atomic mass is 9.85. The van der Waals surface area contributed by atoms with Gasteiger partial charge in [-0.05, 0) is 50.3 Å². The Hall–Kier alpha value is -4.01. The standard InChI is InChI=1S/C24H29N5O5.C2HF3O2/c25-15-3-1-14(2-4-15)22(32)28-11-9-27(10-12-28)16-5-6-17-18(13-16)24(34)29(23(17)33)19-7-8-20(30)26-21(19)31;3-2(4,5)1(6)7/h5-6,13-15,19H,1-4,7-12,25H2,(H,26,30,31);(H,6,7). The summed E-state index contributed by atoms with van der Waals surface area (Å²) in [4.78, 5) is 76.4. The third-order valence-electron chi connectivity index (χ3n) is 7.74. The van der Waals surface area contributed by atoms with Crippen LogP contribution in [0, 0.1) is 5.92 Å². The van der Waals surface area contributed by atoms with Crippen LogP contribution in [-0.4, -0.2) is 94.9 Å². The Labute approximate surface area is 232 Å². The van der Waals surface area contributed by atoms with Crippen LogP contribution in [0.15, 0.2) is 18.2 Å². The van der Waals surface area contributed by atoms with E-state index in [9.17, 15) is 37.1 Å². The SMILES string of the molecule is NC1CCC(C(=O)N2CCN(c3ccc4c(c3)C(=O)N(C3CCC(=O)NC3=O)C4=O)CC2)CC1.O=C(O)C(F)(F)F. The predicted octanol–water partition coefficient (Wildman–Crippen LogP) is 0.887. The number of alkyl halides is 3. The first-order valence-electron chi connectivity index (χ1n) is 13.2. The minimum Gasteiger partial charge on any atom is -0.475 e. The van der Waals surface area contributed by atoms with Crippen LogP contribution >= 0.6 is 0 Å². The molecule has 3 heterocycles. The van der Waals surface area contributed by atoms with E-state index in [4.69, 9.17) is 15.6 Å². The summed E-state index contributed by atoms with van der Waals surface area (Å²) < 4.78 is 31.7. The number of carbonyl (C=O) groups is 6. The molecule has 1 saturated carbocycles. The molecule has 3 aliphatic heterocycles. The number of fused-ring (bicyclic) bond motifs is 1. The third-order valence-corrected chi connectivity index (χ3v) is 7.74. The average molecular weight is 582 g/mol. The lowest BCUT2D eigenvalue weighted by Crippen LogP contribution is -2.54. The highest BCUT2D eigenvalue weighted by atomic mass is 19.4. The Bertz CT molecular complexity index is 1250. The normalized spacial score (nSPS) is 24.9. The van der Waals surface area contributed by atoms with Gasteiger partial charge in [0.25, 0.3) is 11.8 Å². The molecule has 4 N–H and O–H groups in total. The van der Waals surface area contributed by atoms with Crippen LogP contribution in [-0.2, 0) is 19.2 Å². The van der Waals surface area contributed by atoms with E-state index in [0.29, 0.717) is 26.2 Å². The second kappa shape index (κ2) is 11.8. The maximum atomic E-state index is 13.1. The van der Waals surface area contributed by atoms with E-state index in [1.165, 1.54) is 0 Å². The highest BCUT2D eigenvalue weighted by molar-refractivity contribution is 6.23. The number of nitrogens with two attached hydrogens (primary N) is 1.